The van der Waals surface area contributed by atoms with E-state index in [1.807, 2.05) is 18.2 Å². The van der Waals surface area contributed by atoms with Crippen molar-refractivity contribution in [1.82, 2.24) is 0 Å². The molecule has 1 aromatic rings. The molecule has 5 rings (SSSR count). The number of sulfone groups is 1. The van der Waals surface area contributed by atoms with Crippen molar-refractivity contribution in [2.45, 2.75) is 89.4 Å². The Morgan fingerprint density at radius 1 is 0.906 bits per heavy atom. The van der Waals surface area contributed by atoms with Crippen molar-refractivity contribution >= 4 is 15.6 Å². The lowest BCUT2D eigenvalue weighted by atomic mass is 9.41. The molecule has 4 heteroatoms. The van der Waals surface area contributed by atoms with E-state index in [4.69, 9.17) is 0 Å². The quantitative estimate of drug-likeness (QED) is 0.522. The van der Waals surface area contributed by atoms with E-state index in [0.29, 0.717) is 27.9 Å². The van der Waals surface area contributed by atoms with E-state index in [9.17, 15) is 13.2 Å². The fraction of sp³-hybridized carbons (Fsp3) is 0.750. The van der Waals surface area contributed by atoms with Crippen LogP contribution in [0, 0.1) is 40.4 Å². The van der Waals surface area contributed by atoms with Crippen LogP contribution in [0.5, 0.6) is 0 Å². The maximum absolute atomic E-state index is 13.0. The normalized spacial score (nSPS) is 41.9. The monoisotopic (exact) mass is 456 g/mol. The summed E-state index contributed by atoms with van der Waals surface area (Å²) in [7, 11) is -3.21. The van der Waals surface area contributed by atoms with Crippen molar-refractivity contribution < 1.29 is 13.2 Å². The van der Waals surface area contributed by atoms with Crippen molar-refractivity contribution in [3.63, 3.8) is 0 Å². The van der Waals surface area contributed by atoms with Gasteiger partial charge in [-0.3, -0.25) is 4.79 Å². The molecule has 0 aliphatic heterocycles. The standard InChI is InChI=1S/C28H40O3S/c1-27-17-14-26-24(12-11-21-19-22(29)13-16-28(21,26)2)25(27)10-6-7-20(27)15-18-32(30,31)23-8-4-3-5-9-23/h3-5,8-9,20-21,24-26H,6-7,10-19H2,1-2H3. The Labute approximate surface area is 194 Å². The maximum Gasteiger partial charge on any atom is 0.178 e. The molecule has 7 unspecified atom stereocenters. The van der Waals surface area contributed by atoms with E-state index in [1.54, 1.807) is 12.1 Å². The molecule has 0 bridgehead atoms. The zero-order valence-electron chi connectivity index (χ0n) is 19.9. The highest BCUT2D eigenvalue weighted by Crippen LogP contribution is 2.66. The van der Waals surface area contributed by atoms with Gasteiger partial charge in [-0.2, -0.15) is 0 Å². The summed E-state index contributed by atoms with van der Waals surface area (Å²) in [4.78, 5) is 12.6. The number of Topliss-reactive ketones (excluding diaryl/α,β-unsaturated/α-hetero) is 1. The summed E-state index contributed by atoms with van der Waals surface area (Å²) in [5, 5.41) is 0. The zero-order chi connectivity index (χ0) is 22.6. The van der Waals surface area contributed by atoms with Gasteiger partial charge < -0.3 is 0 Å². The van der Waals surface area contributed by atoms with Crippen molar-refractivity contribution in [2.24, 2.45) is 40.4 Å². The van der Waals surface area contributed by atoms with Gasteiger partial charge in [0.1, 0.15) is 5.78 Å². The molecule has 32 heavy (non-hydrogen) atoms. The molecule has 1 aromatic carbocycles. The minimum absolute atomic E-state index is 0.277. The van der Waals surface area contributed by atoms with E-state index >= 15 is 0 Å². The molecule has 0 radical (unpaired) electrons. The Morgan fingerprint density at radius 3 is 2.44 bits per heavy atom. The van der Waals surface area contributed by atoms with E-state index in [-0.39, 0.29) is 11.2 Å². The van der Waals surface area contributed by atoms with Crippen LogP contribution < -0.4 is 0 Å². The third kappa shape index (κ3) is 3.69. The predicted molar refractivity (Wildman–Crippen MR) is 128 cm³/mol. The molecule has 4 aliphatic carbocycles. The highest BCUT2D eigenvalue weighted by atomic mass is 32.2. The van der Waals surface area contributed by atoms with Crippen molar-refractivity contribution in [3.8, 4) is 0 Å². The number of ketones is 1. The number of rotatable bonds is 4. The van der Waals surface area contributed by atoms with E-state index in [0.717, 1.165) is 43.4 Å². The van der Waals surface area contributed by atoms with Crippen LogP contribution in [-0.2, 0) is 14.6 Å². The molecule has 176 valence electrons. The van der Waals surface area contributed by atoms with Crippen LogP contribution in [-0.4, -0.2) is 20.0 Å². The number of fused-ring (bicyclic) bond motifs is 5. The van der Waals surface area contributed by atoms with Gasteiger partial charge in [0.2, 0.25) is 0 Å². The maximum atomic E-state index is 13.0. The molecule has 0 saturated heterocycles. The Hall–Kier alpha value is -1.16. The highest BCUT2D eigenvalue weighted by molar-refractivity contribution is 7.91. The van der Waals surface area contributed by atoms with Gasteiger partial charge >= 0.3 is 0 Å². The van der Waals surface area contributed by atoms with Gasteiger partial charge in [0.15, 0.2) is 9.84 Å². The van der Waals surface area contributed by atoms with Gasteiger partial charge in [0.25, 0.3) is 0 Å². The molecule has 0 heterocycles. The second-order valence-corrected chi connectivity index (χ2v) is 14.1. The second kappa shape index (κ2) is 8.25. The SMILES string of the molecule is CC12CCC3C(CCC4CC(=O)CCC43C)C1CCCC2CCS(=O)(=O)c1ccccc1. The number of benzene rings is 1. The van der Waals surface area contributed by atoms with Gasteiger partial charge in [-0.25, -0.2) is 8.42 Å². The molecular weight excluding hydrogens is 416 g/mol. The zero-order valence-corrected chi connectivity index (χ0v) is 20.7. The van der Waals surface area contributed by atoms with E-state index < -0.39 is 9.84 Å². The average Bonchev–Trinajstić information content (AvgIpc) is 2.78. The van der Waals surface area contributed by atoms with E-state index in [1.165, 1.54) is 44.9 Å². The Balaban J connectivity index is 1.33. The van der Waals surface area contributed by atoms with Crippen molar-refractivity contribution in [2.75, 3.05) is 5.75 Å². The van der Waals surface area contributed by atoms with Gasteiger partial charge in [0, 0.05) is 12.8 Å². The van der Waals surface area contributed by atoms with Crippen LogP contribution in [0.25, 0.3) is 0 Å². The minimum Gasteiger partial charge on any atom is -0.300 e. The Bertz CT molecular complexity index is 954. The number of carbonyl (C=O) groups excluding carboxylic acids is 1. The van der Waals surface area contributed by atoms with Crippen LogP contribution in [0.1, 0.15) is 84.5 Å². The first-order chi connectivity index (χ1) is 15.2. The summed E-state index contributed by atoms with van der Waals surface area (Å²) in [6.07, 6.45) is 12.3. The Kier molecular flexibility index (Phi) is 5.83. The first-order valence-electron chi connectivity index (χ1n) is 13.0. The minimum atomic E-state index is -3.21. The fourth-order valence-corrected chi connectivity index (χ4v) is 10.3. The third-order valence-corrected chi connectivity index (χ3v) is 12.5. The second-order valence-electron chi connectivity index (χ2n) is 12.0. The first kappa shape index (κ1) is 22.6. The van der Waals surface area contributed by atoms with Crippen LogP contribution in [0.15, 0.2) is 35.2 Å². The lowest BCUT2D eigenvalue weighted by Gasteiger charge is -2.63. The molecule has 0 amide bonds. The van der Waals surface area contributed by atoms with Gasteiger partial charge in [-0.1, -0.05) is 38.5 Å². The summed E-state index contributed by atoms with van der Waals surface area (Å²) >= 11 is 0. The lowest BCUT2D eigenvalue weighted by Crippen LogP contribution is -2.56. The summed E-state index contributed by atoms with van der Waals surface area (Å²) in [5.41, 5.74) is 0.626. The Morgan fingerprint density at radius 2 is 1.66 bits per heavy atom. The largest absolute Gasteiger partial charge is 0.300 e. The molecule has 7 atom stereocenters. The first-order valence-corrected chi connectivity index (χ1v) is 14.7. The highest BCUT2D eigenvalue weighted by Gasteiger charge is 2.58. The average molecular weight is 457 g/mol. The summed E-state index contributed by atoms with van der Waals surface area (Å²) in [6, 6.07) is 8.99. The topological polar surface area (TPSA) is 51.2 Å². The van der Waals surface area contributed by atoms with Crippen LogP contribution in [0.2, 0.25) is 0 Å². The molecule has 3 nitrogen and oxygen atoms in total. The van der Waals surface area contributed by atoms with Crippen LogP contribution >= 0.6 is 0 Å². The molecule has 0 aromatic heterocycles. The molecule has 4 aliphatic rings. The van der Waals surface area contributed by atoms with E-state index in [2.05, 4.69) is 13.8 Å². The smallest absolute Gasteiger partial charge is 0.178 e. The summed E-state index contributed by atoms with van der Waals surface area (Å²) in [6.45, 7) is 5.02. The predicted octanol–water partition coefficient (Wildman–Crippen LogP) is 6.47. The van der Waals surface area contributed by atoms with Gasteiger partial charge in [0.05, 0.1) is 10.6 Å². The molecule has 0 N–H and O–H groups in total. The summed E-state index contributed by atoms with van der Waals surface area (Å²) in [5.74, 6) is 4.15. The molecule has 0 spiro atoms. The summed E-state index contributed by atoms with van der Waals surface area (Å²) < 4.78 is 25.9. The molecule has 4 fully saturated rings. The fourth-order valence-electron chi connectivity index (χ4n) is 8.87. The van der Waals surface area contributed by atoms with Gasteiger partial charge in [-0.05, 0) is 104 Å². The number of hydrogen-bond donors (Lipinski definition) is 0. The van der Waals surface area contributed by atoms with Crippen molar-refractivity contribution in [3.05, 3.63) is 30.3 Å². The number of carbonyl (C=O) groups is 1. The van der Waals surface area contributed by atoms with Crippen LogP contribution in [0.4, 0.5) is 0 Å². The molecule has 4 saturated carbocycles. The molecular formula is C28H40O3S. The van der Waals surface area contributed by atoms with Gasteiger partial charge in [-0.15, -0.1) is 0 Å². The van der Waals surface area contributed by atoms with Crippen molar-refractivity contribution in [1.29, 1.82) is 0 Å². The third-order valence-electron chi connectivity index (χ3n) is 10.8. The lowest BCUT2D eigenvalue weighted by molar-refractivity contribution is -0.151. The number of hydrogen-bond acceptors (Lipinski definition) is 3. The van der Waals surface area contributed by atoms with Crippen LogP contribution in [0.3, 0.4) is 0 Å².